The predicted octanol–water partition coefficient (Wildman–Crippen LogP) is 1.56. The summed E-state index contributed by atoms with van der Waals surface area (Å²) >= 11 is 0. The molecule has 1 aromatic carbocycles. The van der Waals surface area contributed by atoms with Crippen molar-refractivity contribution in [1.82, 2.24) is 15.3 Å². The molecule has 0 bridgehead atoms. The molecule has 1 aromatic heterocycles. The number of alkyl halides is 2. The van der Waals surface area contributed by atoms with Crippen LogP contribution in [0.1, 0.15) is 10.4 Å². The lowest BCUT2D eigenvalue weighted by molar-refractivity contribution is 0.0892. The molecule has 0 atom stereocenters. The molecule has 16 heavy (non-hydrogen) atoms. The molecule has 0 radical (unpaired) electrons. The number of hydrogen-bond acceptors (Lipinski definition) is 2. The van der Waals surface area contributed by atoms with Gasteiger partial charge in [0.2, 0.25) is 0 Å². The van der Waals surface area contributed by atoms with E-state index in [9.17, 15) is 13.6 Å². The Hall–Kier alpha value is -1.98. The first-order valence-electron chi connectivity index (χ1n) is 4.66. The van der Waals surface area contributed by atoms with Crippen molar-refractivity contribution in [1.29, 1.82) is 0 Å². The zero-order chi connectivity index (χ0) is 11.5. The van der Waals surface area contributed by atoms with Crippen molar-refractivity contribution < 1.29 is 13.6 Å². The molecule has 2 N–H and O–H groups in total. The Morgan fingerprint density at radius 3 is 3.06 bits per heavy atom. The first-order chi connectivity index (χ1) is 7.66. The van der Waals surface area contributed by atoms with Crippen LogP contribution in [0.15, 0.2) is 24.5 Å². The van der Waals surface area contributed by atoms with Crippen LogP contribution in [0.5, 0.6) is 0 Å². The lowest BCUT2D eigenvalue weighted by Gasteiger charge is -2.03. The maximum Gasteiger partial charge on any atom is 0.255 e. The lowest BCUT2D eigenvalue weighted by atomic mass is 10.2. The summed E-state index contributed by atoms with van der Waals surface area (Å²) < 4.78 is 23.8. The van der Waals surface area contributed by atoms with Crippen LogP contribution in [-0.4, -0.2) is 28.8 Å². The average molecular weight is 225 g/mol. The molecule has 2 rings (SSSR count). The first kappa shape index (κ1) is 10.5. The van der Waals surface area contributed by atoms with Crippen LogP contribution in [0, 0.1) is 0 Å². The Morgan fingerprint density at radius 1 is 1.50 bits per heavy atom. The molecule has 0 saturated heterocycles. The summed E-state index contributed by atoms with van der Waals surface area (Å²) in [4.78, 5) is 18.3. The highest BCUT2D eigenvalue weighted by molar-refractivity contribution is 5.97. The van der Waals surface area contributed by atoms with Gasteiger partial charge in [-0.3, -0.25) is 4.79 Å². The van der Waals surface area contributed by atoms with E-state index in [1.165, 1.54) is 6.33 Å². The van der Waals surface area contributed by atoms with Crippen LogP contribution in [0.3, 0.4) is 0 Å². The van der Waals surface area contributed by atoms with Crippen molar-refractivity contribution in [2.24, 2.45) is 0 Å². The minimum absolute atomic E-state index is 0.331. The Labute approximate surface area is 89.7 Å². The van der Waals surface area contributed by atoms with Gasteiger partial charge in [0.15, 0.2) is 0 Å². The SMILES string of the molecule is O=C(NCC(F)F)c1ccc2nc[nH]c2c1. The summed E-state index contributed by atoms with van der Waals surface area (Å²) in [5.74, 6) is -0.517. The van der Waals surface area contributed by atoms with Gasteiger partial charge < -0.3 is 10.3 Å². The fourth-order valence-corrected chi connectivity index (χ4v) is 1.35. The highest BCUT2D eigenvalue weighted by Gasteiger charge is 2.09. The monoisotopic (exact) mass is 225 g/mol. The van der Waals surface area contributed by atoms with E-state index in [4.69, 9.17) is 0 Å². The summed E-state index contributed by atoms with van der Waals surface area (Å²) in [6.45, 7) is -0.639. The maximum atomic E-state index is 11.9. The minimum Gasteiger partial charge on any atom is -0.346 e. The number of imidazole rings is 1. The molecule has 84 valence electrons. The number of hydrogen-bond donors (Lipinski definition) is 2. The number of carbonyl (C=O) groups is 1. The van der Waals surface area contributed by atoms with E-state index in [1.54, 1.807) is 18.2 Å². The summed E-state index contributed by atoms with van der Waals surface area (Å²) in [7, 11) is 0. The standard InChI is InChI=1S/C10H9F2N3O/c11-9(12)4-13-10(16)6-1-2-7-8(3-6)15-5-14-7/h1-3,5,9H,4H2,(H,13,16)(H,14,15). The molecule has 0 aliphatic carbocycles. The zero-order valence-electron chi connectivity index (χ0n) is 8.21. The maximum absolute atomic E-state index is 11.9. The van der Waals surface area contributed by atoms with E-state index < -0.39 is 18.9 Å². The summed E-state index contributed by atoms with van der Waals surface area (Å²) in [6, 6.07) is 4.77. The number of amides is 1. The Bertz CT molecular complexity index is 509. The van der Waals surface area contributed by atoms with Crippen molar-refractivity contribution >= 4 is 16.9 Å². The van der Waals surface area contributed by atoms with Crippen molar-refractivity contribution in [2.45, 2.75) is 6.43 Å². The third kappa shape index (κ3) is 2.16. The molecule has 0 aliphatic heterocycles. The second-order valence-corrected chi connectivity index (χ2v) is 3.24. The number of fused-ring (bicyclic) bond motifs is 1. The molecular formula is C10H9F2N3O. The van der Waals surface area contributed by atoms with Gasteiger partial charge in [-0.2, -0.15) is 0 Å². The van der Waals surface area contributed by atoms with Crippen LogP contribution < -0.4 is 5.32 Å². The van der Waals surface area contributed by atoms with Gasteiger partial charge >= 0.3 is 0 Å². The van der Waals surface area contributed by atoms with E-state index in [1.807, 2.05) is 0 Å². The van der Waals surface area contributed by atoms with Crippen LogP contribution in [0.4, 0.5) is 8.78 Å². The highest BCUT2D eigenvalue weighted by atomic mass is 19.3. The number of rotatable bonds is 3. The third-order valence-electron chi connectivity index (χ3n) is 2.10. The van der Waals surface area contributed by atoms with Crippen LogP contribution in [-0.2, 0) is 0 Å². The highest BCUT2D eigenvalue weighted by Crippen LogP contribution is 2.11. The van der Waals surface area contributed by atoms with Gasteiger partial charge in [0.25, 0.3) is 12.3 Å². The number of halogens is 2. The van der Waals surface area contributed by atoms with Gasteiger partial charge in [-0.05, 0) is 18.2 Å². The fraction of sp³-hybridized carbons (Fsp3) is 0.200. The summed E-state index contributed by atoms with van der Waals surface area (Å²) in [5, 5.41) is 2.13. The molecule has 6 heteroatoms. The molecule has 0 fully saturated rings. The van der Waals surface area contributed by atoms with E-state index in [2.05, 4.69) is 15.3 Å². The fourth-order valence-electron chi connectivity index (χ4n) is 1.35. The number of nitrogens with zero attached hydrogens (tertiary/aromatic N) is 1. The Balaban J connectivity index is 2.16. The average Bonchev–Trinajstić information content (AvgIpc) is 2.72. The van der Waals surface area contributed by atoms with Crippen molar-refractivity contribution in [3.63, 3.8) is 0 Å². The topological polar surface area (TPSA) is 57.8 Å². The second-order valence-electron chi connectivity index (χ2n) is 3.24. The van der Waals surface area contributed by atoms with E-state index >= 15 is 0 Å². The van der Waals surface area contributed by atoms with Gasteiger partial charge in [-0.15, -0.1) is 0 Å². The number of H-pyrrole nitrogens is 1. The summed E-state index contributed by atoms with van der Waals surface area (Å²) in [6.07, 6.45) is -1.04. The zero-order valence-corrected chi connectivity index (χ0v) is 8.21. The van der Waals surface area contributed by atoms with Gasteiger partial charge in [0.1, 0.15) is 0 Å². The molecular weight excluding hydrogens is 216 g/mol. The van der Waals surface area contributed by atoms with Crippen LogP contribution in [0.25, 0.3) is 11.0 Å². The van der Waals surface area contributed by atoms with E-state index in [0.717, 1.165) is 5.52 Å². The largest absolute Gasteiger partial charge is 0.346 e. The smallest absolute Gasteiger partial charge is 0.255 e. The third-order valence-corrected chi connectivity index (χ3v) is 2.10. The normalized spacial score (nSPS) is 10.9. The number of benzene rings is 1. The van der Waals surface area contributed by atoms with E-state index in [-0.39, 0.29) is 0 Å². The van der Waals surface area contributed by atoms with Crippen LogP contribution in [0.2, 0.25) is 0 Å². The quantitative estimate of drug-likeness (QED) is 0.832. The van der Waals surface area contributed by atoms with Crippen molar-refractivity contribution in [3.05, 3.63) is 30.1 Å². The second kappa shape index (κ2) is 4.26. The minimum atomic E-state index is -2.54. The molecule has 0 saturated carbocycles. The molecule has 0 unspecified atom stereocenters. The van der Waals surface area contributed by atoms with Gasteiger partial charge in [-0.1, -0.05) is 0 Å². The molecule has 0 aliphatic rings. The van der Waals surface area contributed by atoms with Gasteiger partial charge in [0, 0.05) is 5.56 Å². The van der Waals surface area contributed by atoms with Crippen molar-refractivity contribution in [3.8, 4) is 0 Å². The van der Waals surface area contributed by atoms with Crippen molar-refractivity contribution in [2.75, 3.05) is 6.54 Å². The van der Waals surface area contributed by atoms with Crippen LogP contribution >= 0.6 is 0 Å². The van der Waals surface area contributed by atoms with Gasteiger partial charge in [0.05, 0.1) is 23.9 Å². The first-order valence-corrected chi connectivity index (χ1v) is 4.66. The number of nitrogens with one attached hydrogen (secondary N) is 2. The number of aromatic nitrogens is 2. The molecule has 2 aromatic rings. The predicted molar refractivity (Wildman–Crippen MR) is 54.4 cm³/mol. The molecule has 0 spiro atoms. The lowest BCUT2D eigenvalue weighted by Crippen LogP contribution is -2.28. The summed E-state index contributed by atoms with van der Waals surface area (Å²) in [5.41, 5.74) is 1.76. The Morgan fingerprint density at radius 2 is 2.31 bits per heavy atom. The van der Waals surface area contributed by atoms with Gasteiger partial charge in [-0.25, -0.2) is 13.8 Å². The Kier molecular flexibility index (Phi) is 2.80. The number of aromatic amines is 1. The molecule has 4 nitrogen and oxygen atoms in total. The van der Waals surface area contributed by atoms with E-state index in [0.29, 0.717) is 11.1 Å². The molecule has 1 heterocycles. The molecule has 1 amide bonds. The number of carbonyl (C=O) groups excluding carboxylic acids is 1.